The van der Waals surface area contributed by atoms with Crippen LogP contribution in [0.5, 0.6) is 5.75 Å². The molecule has 0 aromatic heterocycles. The first kappa shape index (κ1) is 23.3. The Morgan fingerprint density at radius 3 is 2.45 bits per heavy atom. The van der Waals surface area contributed by atoms with E-state index in [4.69, 9.17) is 26.2 Å². The zero-order chi connectivity index (χ0) is 23.4. The fourth-order valence-corrected chi connectivity index (χ4v) is 4.69. The van der Waals surface area contributed by atoms with Gasteiger partial charge in [-0.2, -0.15) is 0 Å². The van der Waals surface area contributed by atoms with Gasteiger partial charge < -0.3 is 14.6 Å². The molecule has 33 heavy (non-hydrogen) atoms. The van der Waals surface area contributed by atoms with Crippen LogP contribution in [-0.2, 0) is 21.7 Å². The lowest BCUT2D eigenvalue weighted by molar-refractivity contribution is -0.138. The van der Waals surface area contributed by atoms with Gasteiger partial charge in [0, 0.05) is 5.02 Å². The van der Waals surface area contributed by atoms with Crippen molar-refractivity contribution in [3.05, 3.63) is 88.4 Å². The van der Waals surface area contributed by atoms with Crippen LogP contribution in [0.3, 0.4) is 0 Å². The summed E-state index contributed by atoms with van der Waals surface area (Å²) in [6, 6.07) is 22.4. The van der Waals surface area contributed by atoms with Crippen molar-refractivity contribution in [1.29, 1.82) is 0 Å². The number of methoxy groups -OCH3 is 1. The van der Waals surface area contributed by atoms with Crippen molar-refractivity contribution in [3.63, 3.8) is 0 Å². The summed E-state index contributed by atoms with van der Waals surface area (Å²) in [7, 11) is 3.49. The molecule has 0 saturated carbocycles. The Hall–Kier alpha value is -2.86. The summed E-state index contributed by atoms with van der Waals surface area (Å²) in [6.45, 7) is 1.22. The van der Waals surface area contributed by atoms with E-state index in [1.165, 1.54) is 0 Å². The fourth-order valence-electron chi connectivity index (χ4n) is 4.57. The topological polar surface area (TPSA) is 59.0 Å². The molecule has 1 unspecified atom stereocenters. The van der Waals surface area contributed by atoms with Crippen LogP contribution in [0.2, 0.25) is 5.02 Å². The Bertz CT molecular complexity index is 1110. The zero-order valence-corrected chi connectivity index (χ0v) is 19.6. The number of carbonyl (C=O) groups is 1. The summed E-state index contributed by atoms with van der Waals surface area (Å²) in [5.41, 5.74) is 5.05. The average molecular weight is 466 g/mol. The highest BCUT2D eigenvalue weighted by Gasteiger charge is 2.41. The molecule has 4 rings (SSSR count). The van der Waals surface area contributed by atoms with E-state index in [1.54, 1.807) is 7.11 Å². The second-order valence-electron chi connectivity index (χ2n) is 8.46. The van der Waals surface area contributed by atoms with Gasteiger partial charge in [-0.05, 0) is 84.6 Å². The number of carboxylic acid groups (broad SMARTS) is 1. The van der Waals surface area contributed by atoms with Gasteiger partial charge in [0.25, 0.3) is 0 Å². The molecule has 0 bridgehead atoms. The molecule has 1 heterocycles. The highest BCUT2D eigenvalue weighted by atomic mass is 35.5. The molecule has 0 radical (unpaired) electrons. The summed E-state index contributed by atoms with van der Waals surface area (Å²) in [5, 5.41) is 9.73. The first-order valence-electron chi connectivity index (χ1n) is 11.0. The Morgan fingerprint density at radius 1 is 1.09 bits per heavy atom. The second kappa shape index (κ2) is 9.96. The van der Waals surface area contributed by atoms with Crippen LogP contribution in [0.25, 0.3) is 11.1 Å². The number of likely N-dealkylation sites (N-methyl/N-ethyl adjacent to an activating group) is 1. The van der Waals surface area contributed by atoms with E-state index in [0.29, 0.717) is 18.2 Å². The minimum absolute atomic E-state index is 0.0244. The highest BCUT2D eigenvalue weighted by Crippen LogP contribution is 2.46. The molecule has 172 valence electrons. The third kappa shape index (κ3) is 5.06. The number of rotatable bonds is 9. The molecule has 0 spiro atoms. The molecule has 1 aliphatic heterocycles. The molecule has 1 atom stereocenters. The van der Waals surface area contributed by atoms with Gasteiger partial charge in [-0.25, -0.2) is 0 Å². The summed E-state index contributed by atoms with van der Waals surface area (Å²) >= 11 is 6.16. The summed E-state index contributed by atoms with van der Waals surface area (Å²) in [5.74, 6) is 0.0105. The second-order valence-corrected chi connectivity index (χ2v) is 8.89. The number of fused-ring (bicyclic) bond motifs is 1. The molecular formula is C27H28ClNO4. The predicted molar refractivity (Wildman–Crippen MR) is 130 cm³/mol. The number of carboxylic acids is 1. The van der Waals surface area contributed by atoms with Crippen LogP contribution in [0.15, 0.2) is 66.7 Å². The largest absolute Gasteiger partial charge is 0.497 e. The van der Waals surface area contributed by atoms with E-state index in [2.05, 4.69) is 30.3 Å². The van der Waals surface area contributed by atoms with Crippen molar-refractivity contribution in [2.45, 2.75) is 25.0 Å². The first-order valence-corrected chi connectivity index (χ1v) is 11.4. The van der Waals surface area contributed by atoms with Crippen LogP contribution < -0.4 is 4.74 Å². The average Bonchev–Trinajstić information content (AvgIpc) is 3.18. The maximum Gasteiger partial charge on any atom is 0.317 e. The monoisotopic (exact) mass is 465 g/mol. The molecule has 0 amide bonds. The quantitative estimate of drug-likeness (QED) is 0.446. The van der Waals surface area contributed by atoms with Gasteiger partial charge in [-0.15, -0.1) is 0 Å². The summed E-state index contributed by atoms with van der Waals surface area (Å²) in [6.07, 6.45) is 1.54. The Kier molecular flexibility index (Phi) is 7.03. The lowest BCUT2D eigenvalue weighted by Gasteiger charge is -2.31. The van der Waals surface area contributed by atoms with Crippen molar-refractivity contribution in [1.82, 2.24) is 4.90 Å². The SMILES string of the molecule is COc1ccc(-c2ccc3c(c2)COC3(CCCN(C)CC(=O)O)c2ccc(Cl)cc2)cc1. The number of ether oxygens (including phenoxy) is 2. The Morgan fingerprint density at radius 2 is 1.79 bits per heavy atom. The Balaban J connectivity index is 1.64. The highest BCUT2D eigenvalue weighted by molar-refractivity contribution is 6.30. The van der Waals surface area contributed by atoms with Crippen LogP contribution >= 0.6 is 11.6 Å². The van der Waals surface area contributed by atoms with Crippen LogP contribution in [0.4, 0.5) is 0 Å². The van der Waals surface area contributed by atoms with Crippen molar-refractivity contribution >= 4 is 17.6 Å². The van der Waals surface area contributed by atoms with E-state index in [0.717, 1.165) is 46.4 Å². The molecule has 0 aliphatic carbocycles. The lowest BCUT2D eigenvalue weighted by atomic mass is 9.81. The number of aliphatic carboxylic acids is 1. The minimum Gasteiger partial charge on any atom is -0.497 e. The maximum absolute atomic E-state index is 11.0. The normalized spacial score (nSPS) is 17.2. The van der Waals surface area contributed by atoms with Crippen molar-refractivity contribution < 1.29 is 19.4 Å². The Labute approximate surface area is 199 Å². The third-order valence-electron chi connectivity index (χ3n) is 6.22. The van der Waals surface area contributed by atoms with Crippen LogP contribution in [0, 0.1) is 0 Å². The van der Waals surface area contributed by atoms with Gasteiger partial charge in [0.1, 0.15) is 11.4 Å². The standard InChI is InChI=1S/C27H28ClNO4/c1-29(17-26(30)31)15-3-14-27(22-7-9-23(28)10-8-22)25-13-6-20(16-21(25)18-33-27)19-4-11-24(32-2)12-5-19/h4-13,16H,3,14-15,17-18H2,1-2H3,(H,30,31). The third-order valence-corrected chi connectivity index (χ3v) is 6.47. The molecule has 1 aliphatic rings. The van der Waals surface area contributed by atoms with Gasteiger partial charge in [0.15, 0.2) is 0 Å². The van der Waals surface area contributed by atoms with Gasteiger partial charge in [0.05, 0.1) is 20.3 Å². The van der Waals surface area contributed by atoms with E-state index < -0.39 is 11.6 Å². The summed E-state index contributed by atoms with van der Waals surface area (Å²) < 4.78 is 11.8. The number of benzene rings is 3. The van der Waals surface area contributed by atoms with Gasteiger partial charge >= 0.3 is 5.97 Å². The predicted octanol–water partition coefficient (Wildman–Crippen LogP) is 5.59. The van der Waals surface area contributed by atoms with Crippen LogP contribution in [0.1, 0.15) is 29.5 Å². The number of halogens is 1. The molecule has 0 fully saturated rings. The van der Waals surface area contributed by atoms with E-state index in [-0.39, 0.29) is 6.54 Å². The lowest BCUT2D eigenvalue weighted by Crippen LogP contribution is -2.31. The van der Waals surface area contributed by atoms with Crippen molar-refractivity contribution in [2.75, 3.05) is 27.2 Å². The summed E-state index contributed by atoms with van der Waals surface area (Å²) in [4.78, 5) is 12.8. The van der Waals surface area contributed by atoms with Gasteiger partial charge in [-0.3, -0.25) is 9.69 Å². The van der Waals surface area contributed by atoms with Gasteiger partial charge in [0.2, 0.25) is 0 Å². The van der Waals surface area contributed by atoms with E-state index >= 15 is 0 Å². The molecule has 3 aromatic carbocycles. The molecule has 6 heteroatoms. The smallest absolute Gasteiger partial charge is 0.317 e. The molecule has 5 nitrogen and oxygen atoms in total. The van der Waals surface area contributed by atoms with Crippen LogP contribution in [-0.4, -0.2) is 43.2 Å². The fraction of sp³-hybridized carbons (Fsp3) is 0.296. The van der Waals surface area contributed by atoms with Crippen molar-refractivity contribution in [3.8, 4) is 16.9 Å². The molecule has 3 aromatic rings. The maximum atomic E-state index is 11.0. The first-order chi connectivity index (χ1) is 15.9. The number of nitrogens with zero attached hydrogens (tertiary/aromatic N) is 1. The molecule has 0 saturated heterocycles. The number of hydrogen-bond acceptors (Lipinski definition) is 4. The zero-order valence-electron chi connectivity index (χ0n) is 18.9. The molecule has 1 N–H and O–H groups in total. The van der Waals surface area contributed by atoms with E-state index in [1.807, 2.05) is 48.3 Å². The number of hydrogen-bond donors (Lipinski definition) is 1. The minimum atomic E-state index is -0.821. The van der Waals surface area contributed by atoms with Crippen molar-refractivity contribution in [2.24, 2.45) is 0 Å². The van der Waals surface area contributed by atoms with E-state index in [9.17, 15) is 4.79 Å². The molecular weight excluding hydrogens is 438 g/mol. The van der Waals surface area contributed by atoms with Gasteiger partial charge in [-0.1, -0.05) is 48.0 Å².